The van der Waals surface area contributed by atoms with Crippen LogP contribution in [0.25, 0.3) is 0 Å². The molecule has 1 aromatic carbocycles. The fraction of sp³-hybridized carbons (Fsp3) is 0.600. The molecule has 1 aliphatic rings. The van der Waals surface area contributed by atoms with Gasteiger partial charge in [0.1, 0.15) is 35.9 Å². The Labute approximate surface area is 128 Å². The molecule has 22 heavy (non-hydrogen) atoms. The first-order valence-electron chi connectivity index (χ1n) is 7.04. The molecule has 7 heteroatoms. The first-order valence-corrected chi connectivity index (χ1v) is 7.04. The molecule has 1 heterocycles. The third-order valence-corrected chi connectivity index (χ3v) is 3.94. The second kappa shape index (κ2) is 6.39. The van der Waals surface area contributed by atoms with Gasteiger partial charge in [-0.1, -0.05) is 0 Å². The van der Waals surface area contributed by atoms with Crippen molar-refractivity contribution < 1.29 is 35.0 Å². The maximum absolute atomic E-state index is 9.99. The molecule has 1 saturated heterocycles. The highest BCUT2D eigenvalue weighted by Crippen LogP contribution is 2.35. The van der Waals surface area contributed by atoms with Crippen molar-refractivity contribution in [3.63, 3.8) is 0 Å². The SMILES string of the molecule is Cc1cc(C)c(O[C@@H]2OC(CO)[C@@H](O)C(O)C2O)c(C)c1O. The van der Waals surface area contributed by atoms with Gasteiger partial charge >= 0.3 is 0 Å². The molecule has 0 aliphatic carbocycles. The second-order valence-corrected chi connectivity index (χ2v) is 5.63. The van der Waals surface area contributed by atoms with E-state index in [1.807, 2.05) is 0 Å². The fourth-order valence-electron chi connectivity index (χ4n) is 2.62. The van der Waals surface area contributed by atoms with Crippen molar-refractivity contribution in [1.82, 2.24) is 0 Å². The molecule has 1 aliphatic heterocycles. The molecule has 124 valence electrons. The van der Waals surface area contributed by atoms with Gasteiger partial charge in [-0.05, 0) is 38.0 Å². The van der Waals surface area contributed by atoms with Gasteiger partial charge in [-0.15, -0.1) is 0 Å². The summed E-state index contributed by atoms with van der Waals surface area (Å²) >= 11 is 0. The number of aliphatic hydroxyl groups excluding tert-OH is 4. The Morgan fingerprint density at radius 1 is 1.05 bits per heavy atom. The van der Waals surface area contributed by atoms with Crippen molar-refractivity contribution in [3.8, 4) is 11.5 Å². The molecule has 0 radical (unpaired) electrons. The molecule has 1 aromatic rings. The molecule has 5 atom stereocenters. The van der Waals surface area contributed by atoms with Gasteiger partial charge in [-0.3, -0.25) is 0 Å². The fourth-order valence-corrected chi connectivity index (χ4v) is 2.62. The van der Waals surface area contributed by atoms with E-state index in [1.165, 1.54) is 0 Å². The quantitative estimate of drug-likeness (QED) is 0.510. The van der Waals surface area contributed by atoms with E-state index in [4.69, 9.17) is 14.6 Å². The van der Waals surface area contributed by atoms with Crippen molar-refractivity contribution in [1.29, 1.82) is 0 Å². The van der Waals surface area contributed by atoms with Gasteiger partial charge in [-0.2, -0.15) is 0 Å². The summed E-state index contributed by atoms with van der Waals surface area (Å²) in [5.41, 5.74) is 1.90. The maximum atomic E-state index is 9.99. The summed E-state index contributed by atoms with van der Waals surface area (Å²) in [5, 5.41) is 48.6. The topological polar surface area (TPSA) is 120 Å². The number of hydrogen-bond donors (Lipinski definition) is 5. The lowest BCUT2D eigenvalue weighted by Gasteiger charge is -2.40. The number of phenols is 1. The molecule has 0 saturated carbocycles. The van der Waals surface area contributed by atoms with Crippen LogP contribution >= 0.6 is 0 Å². The average molecular weight is 314 g/mol. The van der Waals surface area contributed by atoms with E-state index < -0.39 is 37.3 Å². The highest BCUT2D eigenvalue weighted by Gasteiger charge is 2.45. The molecule has 0 amide bonds. The second-order valence-electron chi connectivity index (χ2n) is 5.63. The van der Waals surface area contributed by atoms with Crippen LogP contribution in [-0.4, -0.2) is 62.8 Å². The standard InChI is InChI=1S/C15H22O7/c1-6-4-7(2)14(8(3)10(6)17)22-15-13(20)12(19)11(18)9(5-16)21-15/h4,9,11-13,15-20H,5H2,1-3H3/t9?,11-,12?,13?,15+/m1/s1. The molecule has 0 spiro atoms. The zero-order valence-corrected chi connectivity index (χ0v) is 12.7. The predicted octanol–water partition coefficient (Wildman–Crippen LogP) is -0.504. The Morgan fingerprint density at radius 2 is 1.68 bits per heavy atom. The average Bonchev–Trinajstić information content (AvgIpc) is 2.49. The van der Waals surface area contributed by atoms with Gasteiger partial charge in [0.25, 0.3) is 0 Å². The van der Waals surface area contributed by atoms with Crippen molar-refractivity contribution >= 4 is 0 Å². The van der Waals surface area contributed by atoms with Crippen molar-refractivity contribution in [2.45, 2.75) is 51.5 Å². The van der Waals surface area contributed by atoms with E-state index in [0.29, 0.717) is 16.9 Å². The molecule has 2 rings (SSSR count). The first-order chi connectivity index (χ1) is 10.3. The van der Waals surface area contributed by atoms with Crippen LogP contribution in [0.15, 0.2) is 6.07 Å². The summed E-state index contributed by atoms with van der Waals surface area (Å²) in [7, 11) is 0. The van der Waals surface area contributed by atoms with E-state index in [1.54, 1.807) is 26.8 Å². The van der Waals surface area contributed by atoms with Crippen LogP contribution in [0.4, 0.5) is 0 Å². The van der Waals surface area contributed by atoms with Crippen LogP contribution in [0.1, 0.15) is 16.7 Å². The number of benzene rings is 1. The minimum atomic E-state index is -1.50. The van der Waals surface area contributed by atoms with E-state index >= 15 is 0 Å². The summed E-state index contributed by atoms with van der Waals surface area (Å²) in [5.74, 6) is 0.401. The van der Waals surface area contributed by atoms with Crippen LogP contribution in [0.2, 0.25) is 0 Å². The van der Waals surface area contributed by atoms with Gasteiger partial charge in [0.15, 0.2) is 0 Å². The predicted molar refractivity (Wildman–Crippen MR) is 76.7 cm³/mol. The van der Waals surface area contributed by atoms with E-state index in [2.05, 4.69) is 0 Å². The Morgan fingerprint density at radius 3 is 2.27 bits per heavy atom. The smallest absolute Gasteiger partial charge is 0.229 e. The van der Waals surface area contributed by atoms with Gasteiger partial charge in [0, 0.05) is 5.56 Å². The van der Waals surface area contributed by atoms with Gasteiger partial charge < -0.3 is 35.0 Å². The third-order valence-electron chi connectivity index (χ3n) is 3.94. The number of aryl methyl sites for hydroxylation is 2. The van der Waals surface area contributed by atoms with Crippen molar-refractivity contribution in [2.24, 2.45) is 0 Å². The lowest BCUT2D eigenvalue weighted by atomic mass is 9.99. The lowest BCUT2D eigenvalue weighted by Crippen LogP contribution is -2.60. The Balaban J connectivity index is 2.28. The zero-order valence-electron chi connectivity index (χ0n) is 12.7. The van der Waals surface area contributed by atoms with Crippen LogP contribution in [0.3, 0.4) is 0 Å². The molecule has 1 fully saturated rings. The number of phenolic OH excluding ortho intramolecular Hbond substituents is 1. The number of aromatic hydroxyl groups is 1. The molecular weight excluding hydrogens is 292 g/mol. The summed E-state index contributed by atoms with van der Waals surface area (Å²) in [6.45, 7) is 4.67. The lowest BCUT2D eigenvalue weighted by molar-refractivity contribution is -0.277. The van der Waals surface area contributed by atoms with E-state index in [-0.39, 0.29) is 5.75 Å². The van der Waals surface area contributed by atoms with E-state index in [0.717, 1.165) is 5.56 Å². The number of hydrogen-bond acceptors (Lipinski definition) is 7. The summed E-state index contributed by atoms with van der Waals surface area (Å²) in [4.78, 5) is 0. The van der Waals surface area contributed by atoms with Gasteiger partial charge in [0.05, 0.1) is 6.61 Å². The van der Waals surface area contributed by atoms with Crippen LogP contribution in [0, 0.1) is 20.8 Å². The van der Waals surface area contributed by atoms with Crippen LogP contribution in [0.5, 0.6) is 11.5 Å². The Kier molecular flexibility index (Phi) is 4.93. The summed E-state index contributed by atoms with van der Waals surface area (Å²) in [6.07, 6.45) is -6.73. The number of ether oxygens (including phenoxy) is 2. The van der Waals surface area contributed by atoms with Crippen molar-refractivity contribution in [2.75, 3.05) is 6.61 Å². The van der Waals surface area contributed by atoms with Gasteiger partial charge in [-0.25, -0.2) is 0 Å². The Bertz CT molecular complexity index is 543. The first kappa shape index (κ1) is 17.0. The molecule has 0 aromatic heterocycles. The normalized spacial score (nSPS) is 32.0. The summed E-state index contributed by atoms with van der Waals surface area (Å²) < 4.78 is 10.9. The summed E-state index contributed by atoms with van der Waals surface area (Å²) in [6, 6.07) is 1.72. The Hall–Kier alpha value is -1.38. The molecule has 3 unspecified atom stereocenters. The molecule has 0 bridgehead atoms. The molecular formula is C15H22O7. The largest absolute Gasteiger partial charge is 0.507 e. The molecule has 5 N–H and O–H groups in total. The van der Waals surface area contributed by atoms with Crippen molar-refractivity contribution in [3.05, 3.63) is 22.8 Å². The number of rotatable bonds is 3. The third kappa shape index (κ3) is 2.90. The minimum Gasteiger partial charge on any atom is -0.507 e. The highest BCUT2D eigenvalue weighted by atomic mass is 16.7. The number of aliphatic hydroxyl groups is 4. The van der Waals surface area contributed by atoms with Gasteiger partial charge in [0.2, 0.25) is 6.29 Å². The zero-order chi connectivity index (χ0) is 16.6. The highest BCUT2D eigenvalue weighted by molar-refractivity contribution is 5.52. The molecule has 7 nitrogen and oxygen atoms in total. The minimum absolute atomic E-state index is 0.0743. The van der Waals surface area contributed by atoms with E-state index in [9.17, 15) is 20.4 Å². The monoisotopic (exact) mass is 314 g/mol. The van der Waals surface area contributed by atoms with Crippen LogP contribution < -0.4 is 4.74 Å². The maximum Gasteiger partial charge on any atom is 0.229 e. The van der Waals surface area contributed by atoms with Crippen LogP contribution in [-0.2, 0) is 4.74 Å².